The molecule has 3 rings (SSSR count). The quantitative estimate of drug-likeness (QED) is 0.464. The number of hydrogen-bond acceptors (Lipinski definition) is 8. The van der Waals surface area contributed by atoms with Gasteiger partial charge in [-0.05, 0) is 18.2 Å². The van der Waals surface area contributed by atoms with Crippen LogP contribution in [0.4, 0.5) is 11.4 Å². The minimum Gasteiger partial charge on any atom is -0.444 e. The first-order valence-corrected chi connectivity index (χ1v) is 7.88. The van der Waals surface area contributed by atoms with Crippen LogP contribution < -0.4 is 16.8 Å². The number of carbonyl (C=O) groups is 1. The van der Waals surface area contributed by atoms with E-state index >= 15 is 0 Å². The molecule has 0 aliphatic rings. The van der Waals surface area contributed by atoms with Gasteiger partial charge in [-0.2, -0.15) is 0 Å². The predicted octanol–water partition coefficient (Wildman–Crippen LogP) is 1.97. The van der Waals surface area contributed by atoms with Crippen LogP contribution in [-0.2, 0) is 0 Å². The van der Waals surface area contributed by atoms with E-state index in [1.807, 2.05) is 0 Å². The zero-order valence-electron chi connectivity index (χ0n) is 14.5. The zero-order chi connectivity index (χ0) is 19.2. The van der Waals surface area contributed by atoms with Crippen LogP contribution in [0.5, 0.6) is 0 Å². The van der Waals surface area contributed by atoms with Gasteiger partial charge in [-0.1, -0.05) is 0 Å². The van der Waals surface area contributed by atoms with E-state index in [-0.39, 0.29) is 5.69 Å². The van der Waals surface area contributed by atoms with Gasteiger partial charge in [0, 0.05) is 30.6 Å². The molecule has 0 aliphatic carbocycles. The Balaban J connectivity index is 1.80. The van der Waals surface area contributed by atoms with E-state index in [4.69, 9.17) is 15.9 Å². The predicted molar refractivity (Wildman–Crippen MR) is 103 cm³/mol. The average Bonchev–Trinajstić information content (AvgIpc) is 3.23. The molecule has 0 fully saturated rings. The van der Waals surface area contributed by atoms with Crippen LogP contribution in [0.1, 0.15) is 16.2 Å². The molecule has 0 radical (unpaired) electrons. The Morgan fingerprint density at radius 1 is 1.22 bits per heavy atom. The number of aliphatic imine (C=N–C) groups is 1. The lowest BCUT2D eigenvalue weighted by atomic mass is 10.1. The van der Waals surface area contributed by atoms with Crippen molar-refractivity contribution in [1.82, 2.24) is 15.0 Å². The summed E-state index contributed by atoms with van der Waals surface area (Å²) in [5.74, 6) is 0.117. The van der Waals surface area contributed by atoms with Crippen LogP contribution in [0.3, 0.4) is 0 Å². The molecule has 5 N–H and O–H groups in total. The van der Waals surface area contributed by atoms with E-state index < -0.39 is 5.91 Å². The number of rotatable bonds is 5. The molecule has 0 bridgehead atoms. The highest BCUT2D eigenvalue weighted by atomic mass is 16.3. The fourth-order valence-electron chi connectivity index (χ4n) is 2.29. The van der Waals surface area contributed by atoms with E-state index in [2.05, 4.69) is 25.3 Å². The van der Waals surface area contributed by atoms with Gasteiger partial charge in [-0.25, -0.2) is 9.97 Å². The molecular formula is C18H17N7O2. The van der Waals surface area contributed by atoms with Crippen molar-refractivity contribution < 1.29 is 9.21 Å². The number of oxazole rings is 1. The van der Waals surface area contributed by atoms with Crippen molar-refractivity contribution in [3.63, 3.8) is 0 Å². The summed E-state index contributed by atoms with van der Waals surface area (Å²) in [6.45, 7) is 0. The van der Waals surface area contributed by atoms with Gasteiger partial charge >= 0.3 is 0 Å². The molecule has 9 heteroatoms. The minimum atomic E-state index is -0.446. The Labute approximate surface area is 154 Å². The van der Waals surface area contributed by atoms with Gasteiger partial charge in [0.1, 0.15) is 5.69 Å². The molecule has 2 heterocycles. The highest BCUT2D eigenvalue weighted by Crippen LogP contribution is 2.27. The molecule has 0 atom stereocenters. The summed E-state index contributed by atoms with van der Waals surface area (Å²) in [6, 6.07) is 5.14. The fraction of sp³-hybridized carbons (Fsp3) is 0.0556. The molecule has 0 spiro atoms. The van der Waals surface area contributed by atoms with Gasteiger partial charge in [0.2, 0.25) is 0 Å². The Kier molecular flexibility index (Phi) is 5.22. The molecule has 0 unspecified atom stereocenters. The van der Waals surface area contributed by atoms with Crippen LogP contribution >= 0.6 is 0 Å². The number of anilines is 2. The molecule has 1 aromatic carbocycles. The summed E-state index contributed by atoms with van der Waals surface area (Å²) in [7, 11) is 1.62. The summed E-state index contributed by atoms with van der Waals surface area (Å²) in [5, 5.41) is 2.72. The number of benzene rings is 1. The van der Waals surface area contributed by atoms with E-state index in [1.54, 1.807) is 37.7 Å². The number of nitrogens with two attached hydrogens (primary N) is 2. The maximum absolute atomic E-state index is 12.5. The van der Waals surface area contributed by atoms with Crippen molar-refractivity contribution in [2.24, 2.45) is 10.7 Å². The normalized spacial score (nSPS) is 11.7. The van der Waals surface area contributed by atoms with Gasteiger partial charge < -0.3 is 21.2 Å². The van der Waals surface area contributed by atoms with Gasteiger partial charge in [0.05, 0.1) is 35.7 Å². The van der Waals surface area contributed by atoms with Crippen LogP contribution in [0.2, 0.25) is 0 Å². The standard InChI is InChI=1S/C18H17N7O2/c1-21-6-12(5-19)15-7-24-16(8-23-15)18(26)25-14-4-11(2-3-13(14)20)17-9-22-10-27-17/h2-10H,19-20H2,1H3,(H,25,26)/b12-5+,21-6?. The molecule has 0 aliphatic heterocycles. The number of nitrogen functional groups attached to an aromatic ring is 1. The number of allylic oxidation sites excluding steroid dienone is 1. The maximum atomic E-state index is 12.5. The molecule has 3 aromatic rings. The molecule has 27 heavy (non-hydrogen) atoms. The van der Waals surface area contributed by atoms with E-state index in [0.717, 1.165) is 5.56 Å². The topological polar surface area (TPSA) is 145 Å². The lowest BCUT2D eigenvalue weighted by Gasteiger charge is -2.09. The molecule has 0 saturated carbocycles. The van der Waals surface area contributed by atoms with Crippen molar-refractivity contribution in [3.05, 3.63) is 60.8 Å². The summed E-state index contributed by atoms with van der Waals surface area (Å²) in [5.41, 5.74) is 14.3. The largest absolute Gasteiger partial charge is 0.444 e. The third kappa shape index (κ3) is 3.98. The lowest BCUT2D eigenvalue weighted by molar-refractivity contribution is 0.102. The second-order valence-corrected chi connectivity index (χ2v) is 5.42. The molecular weight excluding hydrogens is 346 g/mol. The van der Waals surface area contributed by atoms with Crippen molar-refractivity contribution >= 4 is 29.1 Å². The third-order valence-corrected chi connectivity index (χ3v) is 3.65. The molecule has 2 aromatic heterocycles. The Morgan fingerprint density at radius 3 is 2.63 bits per heavy atom. The number of nitrogens with zero attached hydrogens (tertiary/aromatic N) is 4. The van der Waals surface area contributed by atoms with Gasteiger partial charge in [0.15, 0.2) is 12.2 Å². The fourth-order valence-corrected chi connectivity index (χ4v) is 2.29. The van der Waals surface area contributed by atoms with Crippen molar-refractivity contribution in [1.29, 1.82) is 0 Å². The number of carbonyl (C=O) groups excluding carboxylic acids is 1. The van der Waals surface area contributed by atoms with Crippen molar-refractivity contribution in [3.8, 4) is 11.3 Å². The number of amides is 1. The number of aromatic nitrogens is 3. The third-order valence-electron chi connectivity index (χ3n) is 3.65. The van der Waals surface area contributed by atoms with Gasteiger partial charge in [0.25, 0.3) is 5.91 Å². The highest BCUT2D eigenvalue weighted by Gasteiger charge is 2.13. The smallest absolute Gasteiger partial charge is 0.275 e. The first kappa shape index (κ1) is 17.8. The van der Waals surface area contributed by atoms with Crippen LogP contribution in [0.15, 0.2) is 58.8 Å². The Hall–Kier alpha value is -4.01. The lowest BCUT2D eigenvalue weighted by Crippen LogP contribution is -2.15. The second-order valence-electron chi connectivity index (χ2n) is 5.42. The summed E-state index contributed by atoms with van der Waals surface area (Å²) < 4.78 is 5.26. The average molecular weight is 363 g/mol. The van der Waals surface area contributed by atoms with Crippen molar-refractivity contribution in [2.75, 3.05) is 18.1 Å². The molecule has 0 saturated heterocycles. The SMILES string of the molecule is CN=C/C(=C\N)c1cnc(C(=O)Nc2cc(-c3cnco3)ccc2N)cn1. The van der Waals surface area contributed by atoms with Gasteiger partial charge in [-0.15, -0.1) is 0 Å². The zero-order valence-corrected chi connectivity index (χ0v) is 14.5. The second kappa shape index (κ2) is 7.91. The number of hydrogen-bond donors (Lipinski definition) is 3. The molecule has 136 valence electrons. The monoisotopic (exact) mass is 363 g/mol. The van der Waals surface area contributed by atoms with E-state index in [9.17, 15) is 4.79 Å². The molecule has 1 amide bonds. The highest BCUT2D eigenvalue weighted by molar-refractivity contribution is 6.09. The maximum Gasteiger partial charge on any atom is 0.275 e. The summed E-state index contributed by atoms with van der Waals surface area (Å²) in [6.07, 6.45) is 8.63. The van der Waals surface area contributed by atoms with E-state index in [0.29, 0.717) is 28.4 Å². The number of nitrogens with one attached hydrogen (secondary N) is 1. The Bertz CT molecular complexity index is 993. The van der Waals surface area contributed by atoms with Crippen LogP contribution in [-0.4, -0.2) is 34.1 Å². The van der Waals surface area contributed by atoms with Gasteiger partial charge in [-0.3, -0.25) is 14.8 Å². The molecule has 9 nitrogen and oxygen atoms in total. The minimum absolute atomic E-state index is 0.132. The van der Waals surface area contributed by atoms with E-state index in [1.165, 1.54) is 25.0 Å². The van der Waals surface area contributed by atoms with Crippen molar-refractivity contribution in [2.45, 2.75) is 0 Å². The van der Waals surface area contributed by atoms with Crippen LogP contribution in [0, 0.1) is 0 Å². The van der Waals surface area contributed by atoms with Crippen LogP contribution in [0.25, 0.3) is 16.9 Å². The summed E-state index contributed by atoms with van der Waals surface area (Å²) >= 11 is 0. The Morgan fingerprint density at radius 2 is 2.00 bits per heavy atom. The first-order chi connectivity index (χ1) is 13.1. The first-order valence-electron chi connectivity index (χ1n) is 7.88. The summed E-state index contributed by atoms with van der Waals surface area (Å²) in [4.78, 5) is 28.6.